The Morgan fingerprint density at radius 2 is 1.96 bits per heavy atom. The van der Waals surface area contributed by atoms with E-state index in [0.29, 0.717) is 0 Å². The minimum absolute atomic E-state index is 0.170. The second kappa shape index (κ2) is 6.58. The predicted octanol–water partition coefficient (Wildman–Crippen LogP) is 0.257. The SMILES string of the molecule is c1ccc(-n2nnnc2[Se]c2ncnc3c2ncn3CC2CCC2)cc1. The Morgan fingerprint density at radius 1 is 1.08 bits per heavy atom. The van der Waals surface area contributed by atoms with E-state index in [-0.39, 0.29) is 15.0 Å². The Labute approximate surface area is 155 Å². The summed E-state index contributed by atoms with van der Waals surface area (Å²) in [7, 11) is 0. The average molecular weight is 411 g/mol. The van der Waals surface area contributed by atoms with Gasteiger partial charge in [0.25, 0.3) is 0 Å². The molecule has 0 saturated heterocycles. The van der Waals surface area contributed by atoms with Gasteiger partial charge in [-0.05, 0) is 0 Å². The zero-order valence-electron chi connectivity index (χ0n) is 13.9. The van der Waals surface area contributed by atoms with Gasteiger partial charge in [-0.2, -0.15) is 0 Å². The fraction of sp³-hybridized carbons (Fsp3) is 0.294. The Morgan fingerprint density at radius 3 is 2.77 bits per heavy atom. The summed E-state index contributed by atoms with van der Waals surface area (Å²) >= 11 is -0.170. The molecule has 26 heavy (non-hydrogen) atoms. The molecule has 0 aliphatic heterocycles. The molecule has 0 unspecified atom stereocenters. The topological polar surface area (TPSA) is 87.2 Å². The summed E-state index contributed by atoms with van der Waals surface area (Å²) in [5, 5.41) is 12.2. The molecule has 8 nitrogen and oxygen atoms in total. The number of nitrogens with zero attached hydrogens (tertiary/aromatic N) is 8. The first-order valence-electron chi connectivity index (χ1n) is 8.56. The van der Waals surface area contributed by atoms with E-state index < -0.39 is 0 Å². The molecule has 1 saturated carbocycles. The van der Waals surface area contributed by atoms with Crippen molar-refractivity contribution < 1.29 is 0 Å². The third-order valence-electron chi connectivity index (χ3n) is 4.68. The molecule has 4 aromatic rings. The van der Waals surface area contributed by atoms with Gasteiger partial charge in [-0.3, -0.25) is 0 Å². The summed E-state index contributed by atoms with van der Waals surface area (Å²) < 4.78 is 5.61. The fourth-order valence-electron chi connectivity index (χ4n) is 3.08. The maximum atomic E-state index is 4.59. The van der Waals surface area contributed by atoms with E-state index in [1.54, 1.807) is 11.0 Å². The number of fused-ring (bicyclic) bond motifs is 1. The molecule has 130 valence electrons. The van der Waals surface area contributed by atoms with Gasteiger partial charge in [-0.25, -0.2) is 0 Å². The van der Waals surface area contributed by atoms with E-state index in [1.165, 1.54) is 19.3 Å². The molecule has 5 rings (SSSR count). The third kappa shape index (κ3) is 2.79. The first-order valence-corrected chi connectivity index (χ1v) is 10.3. The summed E-state index contributed by atoms with van der Waals surface area (Å²) in [6, 6.07) is 9.89. The number of imidazole rings is 1. The van der Waals surface area contributed by atoms with Crippen LogP contribution in [0, 0.1) is 5.92 Å². The van der Waals surface area contributed by atoms with Crippen LogP contribution in [0.3, 0.4) is 0 Å². The van der Waals surface area contributed by atoms with Gasteiger partial charge < -0.3 is 0 Å². The summed E-state index contributed by atoms with van der Waals surface area (Å²) in [5.41, 5.74) is 2.70. The maximum absolute atomic E-state index is 4.59. The van der Waals surface area contributed by atoms with Gasteiger partial charge in [0.2, 0.25) is 0 Å². The van der Waals surface area contributed by atoms with Crippen molar-refractivity contribution in [2.24, 2.45) is 5.92 Å². The van der Waals surface area contributed by atoms with E-state index in [0.717, 1.165) is 38.6 Å². The molecular formula is C17H16N8Se. The average Bonchev–Trinajstić information content (AvgIpc) is 3.26. The van der Waals surface area contributed by atoms with Crippen LogP contribution in [0.4, 0.5) is 0 Å². The van der Waals surface area contributed by atoms with Gasteiger partial charge in [0.05, 0.1) is 0 Å². The molecule has 0 radical (unpaired) electrons. The van der Waals surface area contributed by atoms with E-state index >= 15 is 0 Å². The summed E-state index contributed by atoms with van der Waals surface area (Å²) in [6.07, 6.45) is 7.44. The molecule has 1 aliphatic rings. The zero-order chi connectivity index (χ0) is 17.3. The number of para-hydroxylation sites is 1. The number of hydrogen-bond donors (Lipinski definition) is 0. The van der Waals surface area contributed by atoms with Crippen LogP contribution < -0.4 is 9.32 Å². The molecule has 3 aromatic heterocycles. The zero-order valence-corrected chi connectivity index (χ0v) is 15.6. The third-order valence-corrected chi connectivity index (χ3v) is 6.63. The van der Waals surface area contributed by atoms with Gasteiger partial charge in [0, 0.05) is 0 Å². The van der Waals surface area contributed by atoms with Crippen LogP contribution in [0.2, 0.25) is 0 Å². The molecule has 0 amide bonds. The van der Waals surface area contributed by atoms with Crippen molar-refractivity contribution in [3.05, 3.63) is 43.0 Å². The van der Waals surface area contributed by atoms with E-state index in [2.05, 4.69) is 35.0 Å². The Balaban J connectivity index is 1.48. The summed E-state index contributed by atoms with van der Waals surface area (Å²) in [5.74, 6) is 0.752. The normalized spacial score (nSPS) is 14.6. The van der Waals surface area contributed by atoms with Crippen LogP contribution in [0.1, 0.15) is 19.3 Å². The van der Waals surface area contributed by atoms with E-state index in [4.69, 9.17) is 0 Å². The van der Waals surface area contributed by atoms with Crippen LogP contribution >= 0.6 is 0 Å². The van der Waals surface area contributed by atoms with Crippen molar-refractivity contribution in [2.75, 3.05) is 0 Å². The van der Waals surface area contributed by atoms with Crippen LogP contribution in [0.5, 0.6) is 0 Å². The Kier molecular flexibility index (Phi) is 3.95. The molecule has 1 fully saturated rings. The standard InChI is InChI=1S/C17H16N8Se/c1-2-7-13(8-3-1)25-17(21-22-23-25)26-16-14-15(18-10-19-16)24(11-20-14)9-12-5-4-6-12/h1-3,7-8,10-12H,4-6,9H2. The Bertz CT molecular complexity index is 1040. The van der Waals surface area contributed by atoms with Crippen LogP contribution in [-0.4, -0.2) is 54.7 Å². The van der Waals surface area contributed by atoms with Crippen molar-refractivity contribution in [3.8, 4) is 5.69 Å². The first kappa shape index (κ1) is 15.6. The van der Waals surface area contributed by atoms with Crippen LogP contribution in [-0.2, 0) is 6.54 Å². The quantitative estimate of drug-likeness (QED) is 0.438. The fourth-order valence-corrected chi connectivity index (χ4v) is 4.80. The Hall–Kier alpha value is -2.64. The predicted molar refractivity (Wildman–Crippen MR) is 96.8 cm³/mol. The minimum atomic E-state index is -0.170. The van der Waals surface area contributed by atoms with Gasteiger partial charge >= 0.3 is 156 Å². The monoisotopic (exact) mass is 412 g/mol. The van der Waals surface area contributed by atoms with Gasteiger partial charge in [-0.1, -0.05) is 0 Å². The number of tetrazole rings is 1. The summed E-state index contributed by atoms with van der Waals surface area (Å²) in [6.45, 7) is 0.988. The molecule has 1 aliphatic carbocycles. The molecular weight excluding hydrogens is 395 g/mol. The molecule has 9 heteroatoms. The van der Waals surface area contributed by atoms with Crippen molar-refractivity contribution in [2.45, 2.75) is 25.8 Å². The van der Waals surface area contributed by atoms with Gasteiger partial charge in [0.15, 0.2) is 0 Å². The van der Waals surface area contributed by atoms with Crippen molar-refractivity contribution in [1.82, 2.24) is 39.7 Å². The second-order valence-electron chi connectivity index (χ2n) is 6.36. The molecule has 1 aromatic carbocycles. The van der Waals surface area contributed by atoms with Crippen molar-refractivity contribution >= 4 is 35.4 Å². The molecule has 3 heterocycles. The van der Waals surface area contributed by atoms with Gasteiger partial charge in [0.1, 0.15) is 0 Å². The number of aromatic nitrogens is 8. The number of rotatable bonds is 5. The molecule has 0 N–H and O–H groups in total. The summed E-state index contributed by atoms with van der Waals surface area (Å²) in [4.78, 5) is 13.5. The number of hydrogen-bond acceptors (Lipinski definition) is 6. The molecule has 0 atom stereocenters. The number of benzene rings is 1. The van der Waals surface area contributed by atoms with Crippen molar-refractivity contribution in [1.29, 1.82) is 0 Å². The molecule has 0 bridgehead atoms. The van der Waals surface area contributed by atoms with E-state index in [1.807, 2.05) is 36.7 Å². The van der Waals surface area contributed by atoms with Crippen LogP contribution in [0.25, 0.3) is 16.9 Å². The van der Waals surface area contributed by atoms with Crippen LogP contribution in [0.15, 0.2) is 43.0 Å². The second-order valence-corrected chi connectivity index (χ2v) is 8.36. The van der Waals surface area contributed by atoms with E-state index in [9.17, 15) is 0 Å². The van der Waals surface area contributed by atoms with Gasteiger partial charge in [-0.15, -0.1) is 0 Å². The first-order chi connectivity index (χ1) is 12.9. The molecule has 0 spiro atoms. The van der Waals surface area contributed by atoms with Crippen molar-refractivity contribution in [3.63, 3.8) is 0 Å².